The van der Waals surface area contributed by atoms with Crippen LogP contribution in [0, 0.1) is 0 Å². The van der Waals surface area contributed by atoms with Gasteiger partial charge in [-0.2, -0.15) is 0 Å². The fourth-order valence-corrected chi connectivity index (χ4v) is 1.73. The van der Waals surface area contributed by atoms with Crippen LogP contribution in [0.4, 0.5) is 0 Å². The lowest BCUT2D eigenvalue weighted by molar-refractivity contribution is 0.306. The van der Waals surface area contributed by atoms with E-state index in [4.69, 9.17) is 22.1 Å². The maximum atomic E-state index is 5.98. The van der Waals surface area contributed by atoms with E-state index in [-0.39, 0.29) is 0 Å². The van der Waals surface area contributed by atoms with Crippen LogP contribution in [0.2, 0.25) is 5.02 Å². The van der Waals surface area contributed by atoms with Gasteiger partial charge in [-0.25, -0.2) is 0 Å². The Balaban J connectivity index is 2.04. The molecule has 2 nitrogen and oxygen atoms in total. The zero-order valence-corrected chi connectivity index (χ0v) is 10.2. The van der Waals surface area contributed by atoms with E-state index >= 15 is 0 Å². The normalized spacial score (nSPS) is 10.2. The van der Waals surface area contributed by atoms with Gasteiger partial charge in [0.1, 0.15) is 12.4 Å². The number of nitrogens with two attached hydrogens (primary N) is 1. The third-order valence-corrected chi connectivity index (χ3v) is 2.85. The zero-order chi connectivity index (χ0) is 12.1. The van der Waals surface area contributed by atoms with Gasteiger partial charge in [-0.05, 0) is 29.3 Å². The lowest BCUT2D eigenvalue weighted by atomic mass is 10.2. The van der Waals surface area contributed by atoms with Crippen molar-refractivity contribution < 1.29 is 4.74 Å². The van der Waals surface area contributed by atoms with Crippen molar-refractivity contribution in [3.05, 3.63) is 64.7 Å². The smallest absolute Gasteiger partial charge is 0.120 e. The molecular weight excluding hydrogens is 234 g/mol. The molecule has 17 heavy (non-hydrogen) atoms. The van der Waals surface area contributed by atoms with Crippen LogP contribution < -0.4 is 10.5 Å². The summed E-state index contributed by atoms with van der Waals surface area (Å²) in [5, 5.41) is 0.680. The average molecular weight is 248 g/mol. The molecule has 2 N–H and O–H groups in total. The van der Waals surface area contributed by atoms with Gasteiger partial charge in [0, 0.05) is 11.6 Å². The summed E-state index contributed by atoms with van der Waals surface area (Å²) >= 11 is 5.98. The molecule has 0 fully saturated rings. The summed E-state index contributed by atoms with van der Waals surface area (Å²) in [5.74, 6) is 0.790. The Morgan fingerprint density at radius 1 is 1.06 bits per heavy atom. The molecule has 3 heteroatoms. The van der Waals surface area contributed by atoms with Gasteiger partial charge in [-0.3, -0.25) is 0 Å². The number of halogens is 1. The second-order valence-corrected chi connectivity index (χ2v) is 4.14. The zero-order valence-electron chi connectivity index (χ0n) is 9.40. The molecule has 0 radical (unpaired) electrons. The average Bonchev–Trinajstić information content (AvgIpc) is 2.39. The highest BCUT2D eigenvalue weighted by molar-refractivity contribution is 6.31. The van der Waals surface area contributed by atoms with Crippen molar-refractivity contribution in [2.24, 2.45) is 5.73 Å². The molecule has 88 valence electrons. The first-order chi connectivity index (χ1) is 8.29. The van der Waals surface area contributed by atoms with Gasteiger partial charge in [0.05, 0.1) is 0 Å². The number of benzene rings is 2. The number of rotatable bonds is 4. The molecule has 0 spiro atoms. The van der Waals surface area contributed by atoms with Crippen molar-refractivity contribution in [3.63, 3.8) is 0 Å². The molecule has 2 aromatic carbocycles. The number of ether oxygens (including phenoxy) is 1. The van der Waals surface area contributed by atoms with Gasteiger partial charge in [0.25, 0.3) is 0 Å². The van der Waals surface area contributed by atoms with Crippen LogP contribution in [0.3, 0.4) is 0 Å². The Labute approximate surface area is 106 Å². The summed E-state index contributed by atoms with van der Waals surface area (Å²) in [5.41, 5.74) is 7.62. The molecule has 0 bridgehead atoms. The molecule has 2 aromatic rings. The minimum Gasteiger partial charge on any atom is -0.489 e. The molecule has 0 unspecified atom stereocenters. The van der Waals surface area contributed by atoms with Crippen LogP contribution >= 0.6 is 11.6 Å². The monoisotopic (exact) mass is 247 g/mol. The Kier molecular flexibility index (Phi) is 4.02. The third kappa shape index (κ3) is 3.22. The highest BCUT2D eigenvalue weighted by atomic mass is 35.5. The van der Waals surface area contributed by atoms with E-state index in [1.165, 1.54) is 0 Å². The van der Waals surface area contributed by atoms with E-state index < -0.39 is 0 Å². The summed E-state index contributed by atoms with van der Waals surface area (Å²) in [6, 6.07) is 15.6. The first-order valence-corrected chi connectivity index (χ1v) is 5.82. The largest absolute Gasteiger partial charge is 0.489 e. The Hall–Kier alpha value is -1.51. The van der Waals surface area contributed by atoms with E-state index in [1.54, 1.807) is 0 Å². The lowest BCUT2D eigenvalue weighted by Crippen LogP contribution is -1.99. The van der Waals surface area contributed by atoms with Gasteiger partial charge >= 0.3 is 0 Å². The van der Waals surface area contributed by atoms with Crippen molar-refractivity contribution in [2.75, 3.05) is 0 Å². The Morgan fingerprint density at radius 2 is 1.82 bits per heavy atom. The first-order valence-electron chi connectivity index (χ1n) is 5.45. The number of hydrogen-bond donors (Lipinski definition) is 1. The van der Waals surface area contributed by atoms with Gasteiger partial charge in [0.15, 0.2) is 0 Å². The Bertz CT molecular complexity index is 485. The molecule has 2 rings (SSSR count). The fourth-order valence-electron chi connectivity index (χ4n) is 1.54. The molecular formula is C14H14ClNO. The molecule has 0 aliphatic rings. The van der Waals surface area contributed by atoms with Crippen LogP contribution in [0.5, 0.6) is 5.75 Å². The van der Waals surface area contributed by atoms with E-state index in [1.807, 2.05) is 48.5 Å². The van der Waals surface area contributed by atoms with E-state index in [0.29, 0.717) is 18.2 Å². The van der Waals surface area contributed by atoms with Crippen LogP contribution in [0.25, 0.3) is 0 Å². The molecule has 0 saturated heterocycles. The van der Waals surface area contributed by atoms with Crippen molar-refractivity contribution in [2.45, 2.75) is 13.2 Å². The summed E-state index contributed by atoms with van der Waals surface area (Å²) in [6.45, 7) is 0.966. The minimum atomic E-state index is 0.418. The first kappa shape index (κ1) is 12.0. The lowest BCUT2D eigenvalue weighted by Gasteiger charge is -2.08. The maximum absolute atomic E-state index is 5.98. The van der Waals surface area contributed by atoms with Crippen LogP contribution in [0.15, 0.2) is 48.5 Å². The molecule has 0 aliphatic heterocycles. The predicted molar refractivity (Wildman–Crippen MR) is 70.1 cm³/mol. The third-order valence-electron chi connectivity index (χ3n) is 2.49. The summed E-state index contributed by atoms with van der Waals surface area (Å²) < 4.78 is 5.68. The van der Waals surface area contributed by atoms with Gasteiger partial charge in [-0.15, -0.1) is 0 Å². The summed E-state index contributed by atoms with van der Waals surface area (Å²) in [7, 11) is 0. The van der Waals surface area contributed by atoms with E-state index in [9.17, 15) is 0 Å². The summed E-state index contributed by atoms with van der Waals surface area (Å²) in [6.07, 6.45) is 0. The summed E-state index contributed by atoms with van der Waals surface area (Å²) in [4.78, 5) is 0. The molecule has 0 saturated carbocycles. The second kappa shape index (κ2) is 5.71. The van der Waals surface area contributed by atoms with Crippen molar-refractivity contribution >= 4 is 11.6 Å². The highest BCUT2D eigenvalue weighted by Gasteiger charge is 2.01. The molecule has 0 aliphatic carbocycles. The van der Waals surface area contributed by atoms with Crippen molar-refractivity contribution in [3.8, 4) is 5.75 Å². The molecule has 0 aromatic heterocycles. The molecule has 0 heterocycles. The standard InChI is InChI=1S/C14H14ClNO/c15-14-7-6-13(8-12(14)9-16)17-10-11-4-2-1-3-5-11/h1-8H,9-10,16H2. The minimum absolute atomic E-state index is 0.418. The van der Waals surface area contributed by atoms with Crippen molar-refractivity contribution in [1.82, 2.24) is 0 Å². The molecule has 0 amide bonds. The maximum Gasteiger partial charge on any atom is 0.120 e. The van der Waals surface area contributed by atoms with Gasteiger partial charge in [-0.1, -0.05) is 41.9 Å². The van der Waals surface area contributed by atoms with Gasteiger partial charge in [0.2, 0.25) is 0 Å². The highest BCUT2D eigenvalue weighted by Crippen LogP contribution is 2.22. The Morgan fingerprint density at radius 3 is 2.53 bits per heavy atom. The van der Waals surface area contributed by atoms with E-state index in [2.05, 4.69) is 0 Å². The quantitative estimate of drug-likeness (QED) is 0.899. The van der Waals surface area contributed by atoms with Crippen molar-refractivity contribution in [1.29, 1.82) is 0 Å². The van der Waals surface area contributed by atoms with Crippen LogP contribution in [-0.2, 0) is 13.2 Å². The topological polar surface area (TPSA) is 35.2 Å². The van der Waals surface area contributed by atoms with E-state index in [0.717, 1.165) is 16.9 Å². The van der Waals surface area contributed by atoms with Gasteiger partial charge < -0.3 is 10.5 Å². The predicted octanol–water partition coefficient (Wildman–Crippen LogP) is 3.38. The van der Waals surface area contributed by atoms with Crippen LogP contribution in [0.1, 0.15) is 11.1 Å². The fraction of sp³-hybridized carbons (Fsp3) is 0.143. The number of hydrogen-bond acceptors (Lipinski definition) is 2. The SMILES string of the molecule is NCc1cc(OCc2ccccc2)ccc1Cl. The molecule has 0 atom stereocenters. The second-order valence-electron chi connectivity index (χ2n) is 3.73. The van der Waals surface area contributed by atoms with Crippen LogP contribution in [-0.4, -0.2) is 0 Å².